The van der Waals surface area contributed by atoms with Crippen molar-refractivity contribution in [2.45, 2.75) is 6.92 Å². The van der Waals surface area contributed by atoms with E-state index in [2.05, 4.69) is 32.8 Å². The van der Waals surface area contributed by atoms with Crippen molar-refractivity contribution in [1.29, 1.82) is 0 Å². The number of halogens is 1. The van der Waals surface area contributed by atoms with E-state index in [4.69, 9.17) is 4.74 Å². The lowest BCUT2D eigenvalue weighted by Crippen LogP contribution is -2.08. The topological polar surface area (TPSA) is 26.3 Å². The summed E-state index contributed by atoms with van der Waals surface area (Å²) in [5, 5.41) is 0. The third-order valence-electron chi connectivity index (χ3n) is 1.69. The quantitative estimate of drug-likeness (QED) is 0.474. The number of carbonyl (C=O) groups excluding carboxylic acids is 1. The monoisotopic (exact) mass is 303 g/mol. The van der Waals surface area contributed by atoms with Crippen molar-refractivity contribution in [2.24, 2.45) is 0 Å². The van der Waals surface area contributed by atoms with Gasteiger partial charge >= 0.3 is 5.97 Å². The molecule has 3 radical (unpaired) electrons. The minimum atomic E-state index is -0.286. The zero-order valence-corrected chi connectivity index (χ0v) is 10.3. The summed E-state index contributed by atoms with van der Waals surface area (Å²) >= 11 is 2.19. The zero-order valence-electron chi connectivity index (χ0n) is 7.13. The van der Waals surface area contributed by atoms with Gasteiger partial charge < -0.3 is 4.74 Å². The normalized spacial score (nSPS) is 9.77. The van der Waals surface area contributed by atoms with E-state index in [0.29, 0.717) is 5.56 Å². The Morgan fingerprint density at radius 3 is 2.92 bits per heavy atom. The summed E-state index contributed by atoms with van der Waals surface area (Å²) in [5.74, 6) is -0.286. The second-order valence-electron chi connectivity index (χ2n) is 2.49. The van der Waals surface area contributed by atoms with Crippen molar-refractivity contribution in [3.8, 4) is 0 Å². The van der Waals surface area contributed by atoms with E-state index in [-0.39, 0.29) is 12.2 Å². The number of esters is 1. The van der Waals surface area contributed by atoms with Crippen LogP contribution in [0.2, 0.25) is 0 Å². The molecular formula is C9H8IO2Si. The van der Waals surface area contributed by atoms with Gasteiger partial charge in [-0.15, -0.1) is 0 Å². The van der Waals surface area contributed by atoms with Crippen molar-refractivity contribution in [2.75, 3.05) is 6.23 Å². The molecule has 1 aromatic rings. The number of rotatable bonds is 2. The number of hydrogen-bond acceptors (Lipinski definition) is 2. The van der Waals surface area contributed by atoms with E-state index < -0.39 is 0 Å². The fraction of sp³-hybridized carbons (Fsp3) is 0.222. The van der Waals surface area contributed by atoms with Gasteiger partial charge in [0.05, 0.1) is 22.0 Å². The van der Waals surface area contributed by atoms with Crippen LogP contribution in [0.4, 0.5) is 0 Å². The molecule has 2 nitrogen and oxygen atoms in total. The maximum absolute atomic E-state index is 11.4. The largest absolute Gasteiger partial charge is 0.467 e. The van der Waals surface area contributed by atoms with Crippen LogP contribution in [0.25, 0.3) is 0 Å². The molecule has 13 heavy (non-hydrogen) atoms. The average Bonchev–Trinajstić information content (AvgIpc) is 2.10. The maximum Gasteiger partial charge on any atom is 0.338 e. The molecule has 0 aliphatic carbocycles. The van der Waals surface area contributed by atoms with Crippen LogP contribution in [0.5, 0.6) is 0 Å². The summed E-state index contributed by atoms with van der Waals surface area (Å²) in [6.07, 6.45) is 0.226. The van der Waals surface area contributed by atoms with E-state index in [1.54, 1.807) is 6.07 Å². The Hall–Kier alpha value is -0.363. The van der Waals surface area contributed by atoms with Gasteiger partial charge in [0.2, 0.25) is 0 Å². The first-order valence-electron chi connectivity index (χ1n) is 3.73. The minimum absolute atomic E-state index is 0.226. The molecule has 0 N–H and O–H groups in total. The molecule has 1 rings (SSSR count). The molecule has 0 atom stereocenters. The SMILES string of the molecule is Cc1c(I)cccc1C(=O)OC[Si]. The van der Waals surface area contributed by atoms with E-state index in [1.165, 1.54) is 0 Å². The van der Waals surface area contributed by atoms with Gasteiger partial charge in [0, 0.05) is 3.57 Å². The molecule has 0 amide bonds. The number of ether oxygens (including phenoxy) is 1. The van der Waals surface area contributed by atoms with Gasteiger partial charge in [-0.3, -0.25) is 0 Å². The molecule has 0 saturated heterocycles. The lowest BCUT2D eigenvalue weighted by Gasteiger charge is -2.05. The highest BCUT2D eigenvalue weighted by molar-refractivity contribution is 14.1. The third kappa shape index (κ3) is 2.54. The molecule has 1 aromatic carbocycles. The van der Waals surface area contributed by atoms with Crippen molar-refractivity contribution in [3.63, 3.8) is 0 Å². The summed E-state index contributed by atoms with van der Waals surface area (Å²) in [5.41, 5.74) is 1.60. The average molecular weight is 303 g/mol. The van der Waals surface area contributed by atoms with Crippen LogP contribution in [-0.2, 0) is 4.74 Å². The summed E-state index contributed by atoms with van der Waals surface area (Å²) < 4.78 is 5.91. The van der Waals surface area contributed by atoms with Crippen LogP contribution >= 0.6 is 22.6 Å². The predicted octanol–water partition coefficient (Wildman–Crippen LogP) is 1.88. The Bertz CT molecular complexity index is 325. The first kappa shape index (κ1) is 10.7. The van der Waals surface area contributed by atoms with Crippen LogP contribution in [0, 0.1) is 10.5 Å². The van der Waals surface area contributed by atoms with Crippen LogP contribution in [0.3, 0.4) is 0 Å². The second kappa shape index (κ2) is 4.76. The Morgan fingerprint density at radius 2 is 2.31 bits per heavy atom. The highest BCUT2D eigenvalue weighted by atomic mass is 127. The first-order chi connectivity index (χ1) is 6.16. The molecular weight excluding hydrogens is 295 g/mol. The zero-order chi connectivity index (χ0) is 9.84. The van der Waals surface area contributed by atoms with E-state index in [0.717, 1.165) is 9.13 Å². The number of hydrogen-bond donors (Lipinski definition) is 0. The Labute approximate surface area is 94.2 Å². The summed E-state index contributed by atoms with van der Waals surface area (Å²) in [4.78, 5) is 11.4. The Balaban J connectivity index is 3.01. The molecule has 4 heteroatoms. The Kier molecular flexibility index (Phi) is 3.92. The van der Waals surface area contributed by atoms with Crippen LogP contribution in [-0.4, -0.2) is 22.4 Å². The second-order valence-corrected chi connectivity index (χ2v) is 3.94. The summed E-state index contributed by atoms with van der Waals surface area (Å²) in [6, 6.07) is 5.57. The molecule has 0 aromatic heterocycles. The fourth-order valence-corrected chi connectivity index (χ4v) is 1.60. The van der Waals surface area contributed by atoms with Crippen molar-refractivity contribution in [1.82, 2.24) is 0 Å². The first-order valence-corrected chi connectivity index (χ1v) is 5.52. The van der Waals surface area contributed by atoms with Gasteiger partial charge in [-0.05, 0) is 47.2 Å². The summed E-state index contributed by atoms with van der Waals surface area (Å²) in [7, 11) is 3.09. The fourth-order valence-electron chi connectivity index (χ4n) is 0.972. The highest BCUT2D eigenvalue weighted by Gasteiger charge is 2.10. The predicted molar refractivity (Wildman–Crippen MR) is 59.9 cm³/mol. The van der Waals surface area contributed by atoms with Gasteiger partial charge in [0.25, 0.3) is 0 Å². The van der Waals surface area contributed by atoms with E-state index in [1.807, 2.05) is 19.1 Å². The molecule has 0 saturated carbocycles. The van der Waals surface area contributed by atoms with E-state index >= 15 is 0 Å². The maximum atomic E-state index is 11.4. The lowest BCUT2D eigenvalue weighted by molar-refractivity contribution is 0.0572. The van der Waals surface area contributed by atoms with Gasteiger partial charge in [-0.25, -0.2) is 4.79 Å². The number of benzene rings is 1. The van der Waals surface area contributed by atoms with Crippen LogP contribution in [0.15, 0.2) is 18.2 Å². The standard InChI is InChI=1S/C9H8IO2Si/c1-6-7(9(11)12-5-13)3-2-4-8(6)10/h2-4H,5H2,1H3. The van der Waals surface area contributed by atoms with Crippen molar-refractivity contribution in [3.05, 3.63) is 32.9 Å². The molecule has 0 unspecified atom stereocenters. The molecule has 0 aliphatic rings. The van der Waals surface area contributed by atoms with Gasteiger partial charge in [-0.2, -0.15) is 0 Å². The van der Waals surface area contributed by atoms with Gasteiger partial charge in [0.1, 0.15) is 0 Å². The molecule has 0 fully saturated rings. The van der Waals surface area contributed by atoms with Crippen LogP contribution in [0.1, 0.15) is 15.9 Å². The van der Waals surface area contributed by atoms with E-state index in [9.17, 15) is 4.79 Å². The smallest absolute Gasteiger partial charge is 0.338 e. The Morgan fingerprint density at radius 1 is 1.62 bits per heavy atom. The van der Waals surface area contributed by atoms with Crippen molar-refractivity contribution >= 4 is 38.8 Å². The number of carbonyl (C=O) groups is 1. The lowest BCUT2D eigenvalue weighted by atomic mass is 10.1. The molecule has 67 valence electrons. The summed E-state index contributed by atoms with van der Waals surface area (Å²) in [6.45, 7) is 1.91. The van der Waals surface area contributed by atoms with Gasteiger partial charge in [-0.1, -0.05) is 6.07 Å². The molecule has 0 heterocycles. The minimum Gasteiger partial charge on any atom is -0.467 e. The molecule has 0 spiro atoms. The molecule has 0 aliphatic heterocycles. The van der Waals surface area contributed by atoms with Gasteiger partial charge in [0.15, 0.2) is 0 Å². The van der Waals surface area contributed by atoms with Crippen molar-refractivity contribution < 1.29 is 9.53 Å². The molecule has 0 bridgehead atoms. The van der Waals surface area contributed by atoms with Crippen LogP contribution < -0.4 is 0 Å². The third-order valence-corrected chi connectivity index (χ3v) is 3.00. The highest BCUT2D eigenvalue weighted by Crippen LogP contribution is 2.16.